The molecule has 5 nitrogen and oxygen atoms in total. The van der Waals surface area contributed by atoms with Crippen LogP contribution in [0.15, 0.2) is 11.7 Å². The van der Waals surface area contributed by atoms with Gasteiger partial charge in [0.1, 0.15) is 6.33 Å². The number of rotatable bonds is 4. The van der Waals surface area contributed by atoms with Crippen molar-refractivity contribution in [2.24, 2.45) is 5.92 Å². The summed E-state index contributed by atoms with van der Waals surface area (Å²) in [5, 5.41) is 9.66. The van der Waals surface area contributed by atoms with E-state index < -0.39 is 11.9 Å². The van der Waals surface area contributed by atoms with Crippen LogP contribution in [0.5, 0.6) is 0 Å². The number of halogens is 3. The zero-order valence-corrected chi connectivity index (χ0v) is 13.7. The topological polar surface area (TPSA) is 46.8 Å². The zero-order chi connectivity index (χ0) is 16.6. The van der Waals surface area contributed by atoms with E-state index in [2.05, 4.69) is 29.0 Å². The maximum Gasteiger partial charge on any atom is 0.434 e. The first-order chi connectivity index (χ1) is 10.9. The Morgan fingerprint density at radius 2 is 2.17 bits per heavy atom. The molecule has 1 atom stereocenters. The highest BCUT2D eigenvalue weighted by molar-refractivity contribution is 7.13. The van der Waals surface area contributed by atoms with Gasteiger partial charge in [-0.05, 0) is 18.8 Å². The summed E-state index contributed by atoms with van der Waals surface area (Å²) in [7, 11) is 0. The van der Waals surface area contributed by atoms with Gasteiger partial charge in [0.2, 0.25) is 0 Å². The van der Waals surface area contributed by atoms with Crippen molar-refractivity contribution in [2.45, 2.75) is 45.5 Å². The third-order valence-electron chi connectivity index (χ3n) is 3.79. The second-order valence-corrected chi connectivity index (χ2v) is 6.94. The van der Waals surface area contributed by atoms with E-state index in [0.29, 0.717) is 17.6 Å². The van der Waals surface area contributed by atoms with Crippen LogP contribution < -0.4 is 4.90 Å². The zero-order valence-electron chi connectivity index (χ0n) is 12.9. The average molecular weight is 345 g/mol. The molecule has 1 unspecified atom stereocenters. The van der Waals surface area contributed by atoms with Crippen LogP contribution in [0.1, 0.15) is 44.2 Å². The lowest BCUT2D eigenvalue weighted by Crippen LogP contribution is -2.26. The molecule has 1 aliphatic heterocycles. The van der Waals surface area contributed by atoms with E-state index >= 15 is 0 Å². The van der Waals surface area contributed by atoms with E-state index in [0.717, 1.165) is 41.9 Å². The van der Waals surface area contributed by atoms with E-state index in [1.54, 1.807) is 6.33 Å². The molecule has 3 rings (SSSR count). The molecule has 0 aliphatic carbocycles. The van der Waals surface area contributed by atoms with Gasteiger partial charge in [0.15, 0.2) is 16.6 Å². The number of anilines is 1. The van der Waals surface area contributed by atoms with Crippen molar-refractivity contribution >= 4 is 16.5 Å². The maximum atomic E-state index is 12.8. The molecule has 23 heavy (non-hydrogen) atoms. The van der Waals surface area contributed by atoms with Gasteiger partial charge in [-0.1, -0.05) is 13.8 Å². The van der Waals surface area contributed by atoms with Gasteiger partial charge in [-0.15, -0.1) is 21.5 Å². The van der Waals surface area contributed by atoms with Gasteiger partial charge in [0.05, 0.1) is 6.04 Å². The standard InChI is InChI=1S/C14H18F3N5S/c1-9(2)6-21-8-18-20-12(21)10-4-3-5-22(10)13-19-11(7-23-13)14(15,16)17/h7-10H,3-6H2,1-2H3. The van der Waals surface area contributed by atoms with Gasteiger partial charge in [-0.3, -0.25) is 0 Å². The summed E-state index contributed by atoms with van der Waals surface area (Å²) in [6.45, 7) is 5.68. The van der Waals surface area contributed by atoms with Crippen molar-refractivity contribution < 1.29 is 13.2 Å². The Kier molecular flexibility index (Phi) is 4.31. The molecule has 3 heterocycles. The lowest BCUT2D eigenvalue weighted by Gasteiger charge is -2.24. The van der Waals surface area contributed by atoms with E-state index in [9.17, 15) is 13.2 Å². The summed E-state index contributed by atoms with van der Waals surface area (Å²) >= 11 is 1.03. The Labute approximate surface area is 136 Å². The van der Waals surface area contributed by atoms with Gasteiger partial charge >= 0.3 is 6.18 Å². The first-order valence-electron chi connectivity index (χ1n) is 7.53. The van der Waals surface area contributed by atoms with Crippen molar-refractivity contribution in [3.05, 3.63) is 23.2 Å². The summed E-state index contributed by atoms with van der Waals surface area (Å²) in [5.74, 6) is 1.25. The summed E-state index contributed by atoms with van der Waals surface area (Å²) in [6.07, 6.45) is -0.964. The van der Waals surface area contributed by atoms with Crippen LogP contribution in [-0.4, -0.2) is 26.3 Å². The summed E-state index contributed by atoms with van der Waals surface area (Å²) in [5.41, 5.74) is -0.827. The molecule has 0 saturated carbocycles. The van der Waals surface area contributed by atoms with E-state index in [-0.39, 0.29) is 6.04 Å². The predicted octanol–water partition coefficient (Wildman–Crippen LogP) is 3.75. The smallest absolute Gasteiger partial charge is 0.338 e. The first kappa shape index (κ1) is 16.2. The molecule has 1 fully saturated rings. The fourth-order valence-electron chi connectivity index (χ4n) is 2.85. The molecule has 0 bridgehead atoms. The fraction of sp³-hybridized carbons (Fsp3) is 0.643. The first-order valence-corrected chi connectivity index (χ1v) is 8.41. The molecular weight excluding hydrogens is 327 g/mol. The molecule has 0 aromatic carbocycles. The van der Waals surface area contributed by atoms with Gasteiger partial charge in [0, 0.05) is 18.5 Å². The maximum absolute atomic E-state index is 12.8. The van der Waals surface area contributed by atoms with E-state index in [1.165, 1.54) is 0 Å². The number of hydrogen-bond donors (Lipinski definition) is 0. The predicted molar refractivity (Wildman–Crippen MR) is 81.3 cm³/mol. The number of thiazole rings is 1. The Bertz CT molecular complexity index is 663. The van der Waals surface area contributed by atoms with Gasteiger partial charge in [-0.25, -0.2) is 4.98 Å². The molecule has 9 heteroatoms. The van der Waals surface area contributed by atoms with E-state index in [4.69, 9.17) is 0 Å². The monoisotopic (exact) mass is 345 g/mol. The molecule has 126 valence electrons. The number of nitrogens with zero attached hydrogens (tertiary/aromatic N) is 5. The molecule has 2 aromatic rings. The van der Waals surface area contributed by atoms with Crippen molar-refractivity contribution in [3.63, 3.8) is 0 Å². The molecule has 0 N–H and O–H groups in total. The molecule has 0 amide bonds. The second-order valence-electron chi connectivity index (χ2n) is 6.10. The van der Waals surface area contributed by atoms with Gasteiger partial charge < -0.3 is 9.47 Å². The van der Waals surface area contributed by atoms with Crippen LogP contribution in [0, 0.1) is 5.92 Å². The highest BCUT2D eigenvalue weighted by Crippen LogP contribution is 2.39. The summed E-state index contributed by atoms with van der Waals surface area (Å²) in [6, 6.07) is -0.0662. The van der Waals surface area contributed by atoms with E-state index in [1.807, 2.05) is 9.47 Å². The number of hydrogen-bond acceptors (Lipinski definition) is 5. The third kappa shape index (κ3) is 3.34. The third-order valence-corrected chi connectivity index (χ3v) is 4.66. The lowest BCUT2D eigenvalue weighted by atomic mass is 10.2. The SMILES string of the molecule is CC(C)Cn1cnnc1C1CCCN1c1nc(C(F)(F)F)cs1. The van der Waals surface area contributed by atoms with Crippen LogP contribution >= 0.6 is 11.3 Å². The molecule has 0 radical (unpaired) electrons. The van der Waals surface area contributed by atoms with Crippen LogP contribution in [0.3, 0.4) is 0 Å². The van der Waals surface area contributed by atoms with Gasteiger partial charge in [-0.2, -0.15) is 13.2 Å². The Morgan fingerprint density at radius 3 is 2.83 bits per heavy atom. The molecule has 2 aromatic heterocycles. The Morgan fingerprint density at radius 1 is 1.39 bits per heavy atom. The minimum absolute atomic E-state index is 0.0662. The highest BCUT2D eigenvalue weighted by Gasteiger charge is 2.37. The van der Waals surface area contributed by atoms with Crippen LogP contribution in [0.4, 0.5) is 18.3 Å². The largest absolute Gasteiger partial charge is 0.434 e. The summed E-state index contributed by atoms with van der Waals surface area (Å²) in [4.78, 5) is 5.69. The summed E-state index contributed by atoms with van der Waals surface area (Å²) < 4.78 is 40.3. The van der Waals surface area contributed by atoms with Crippen LogP contribution in [-0.2, 0) is 12.7 Å². The van der Waals surface area contributed by atoms with Crippen LogP contribution in [0.25, 0.3) is 0 Å². The second kappa shape index (κ2) is 6.10. The van der Waals surface area contributed by atoms with Crippen molar-refractivity contribution in [1.29, 1.82) is 0 Å². The minimum atomic E-state index is -4.40. The van der Waals surface area contributed by atoms with Crippen molar-refractivity contribution in [1.82, 2.24) is 19.7 Å². The molecular formula is C14H18F3N5S. The van der Waals surface area contributed by atoms with Crippen LogP contribution in [0.2, 0.25) is 0 Å². The van der Waals surface area contributed by atoms with Crippen molar-refractivity contribution in [3.8, 4) is 0 Å². The fourth-order valence-corrected chi connectivity index (χ4v) is 3.75. The average Bonchev–Trinajstić information content (AvgIpc) is 3.16. The van der Waals surface area contributed by atoms with Crippen molar-refractivity contribution in [2.75, 3.05) is 11.4 Å². The molecule has 0 spiro atoms. The molecule has 1 aliphatic rings. The highest BCUT2D eigenvalue weighted by atomic mass is 32.1. The lowest BCUT2D eigenvalue weighted by molar-refractivity contribution is -0.140. The Balaban J connectivity index is 1.86. The quantitative estimate of drug-likeness (QED) is 0.847. The molecule has 1 saturated heterocycles. The Hall–Kier alpha value is -1.64. The van der Waals surface area contributed by atoms with Gasteiger partial charge in [0.25, 0.3) is 0 Å². The minimum Gasteiger partial charge on any atom is -0.338 e. The number of aromatic nitrogens is 4. The normalized spacial score (nSPS) is 19.0. The number of alkyl halides is 3.